The number of fused-ring (bicyclic) bond motifs is 2. The van der Waals surface area contributed by atoms with Gasteiger partial charge in [-0.25, -0.2) is 15.0 Å². The molecule has 0 aliphatic rings. The summed E-state index contributed by atoms with van der Waals surface area (Å²) in [5, 5.41) is 5.59. The van der Waals surface area contributed by atoms with Crippen molar-refractivity contribution in [1.82, 2.24) is 19.5 Å². The fourth-order valence-corrected chi connectivity index (χ4v) is 3.62. The molecule has 6 heteroatoms. The van der Waals surface area contributed by atoms with E-state index in [9.17, 15) is 0 Å². The Morgan fingerprint density at radius 1 is 0.933 bits per heavy atom. The minimum atomic E-state index is 0.772. The molecule has 0 fully saturated rings. The lowest BCUT2D eigenvalue weighted by atomic mass is 10.2. The zero-order valence-corrected chi connectivity index (χ0v) is 16.9. The van der Waals surface area contributed by atoms with E-state index in [1.165, 1.54) is 16.5 Å². The highest BCUT2D eigenvalue weighted by Gasteiger charge is 2.09. The van der Waals surface area contributed by atoms with Gasteiger partial charge < -0.3 is 14.8 Å². The fourth-order valence-electron chi connectivity index (χ4n) is 3.62. The van der Waals surface area contributed by atoms with Crippen molar-refractivity contribution in [2.45, 2.75) is 6.54 Å². The monoisotopic (exact) mass is 394 g/mol. The molecule has 0 aliphatic heterocycles. The summed E-state index contributed by atoms with van der Waals surface area (Å²) in [5.74, 6) is 1.64. The second-order valence-corrected chi connectivity index (χ2v) is 7.50. The molecule has 30 heavy (non-hydrogen) atoms. The van der Waals surface area contributed by atoms with Crippen LogP contribution >= 0.6 is 0 Å². The SMILES string of the molecule is CN(C)c1cc2c(Nc3ccc4c(ccn4Cc4ccccc4)c3)ncnc2cn1. The van der Waals surface area contributed by atoms with Crippen LogP contribution in [0.4, 0.5) is 17.3 Å². The van der Waals surface area contributed by atoms with Gasteiger partial charge in [0.15, 0.2) is 0 Å². The molecule has 0 atom stereocenters. The smallest absolute Gasteiger partial charge is 0.141 e. The quantitative estimate of drug-likeness (QED) is 0.462. The van der Waals surface area contributed by atoms with Gasteiger partial charge in [0.05, 0.1) is 11.7 Å². The first-order chi connectivity index (χ1) is 14.7. The lowest BCUT2D eigenvalue weighted by molar-refractivity contribution is 0.837. The Morgan fingerprint density at radius 2 is 1.80 bits per heavy atom. The third kappa shape index (κ3) is 3.43. The Morgan fingerprint density at radius 3 is 2.63 bits per heavy atom. The van der Waals surface area contributed by atoms with Crippen molar-refractivity contribution in [3.8, 4) is 0 Å². The number of rotatable bonds is 5. The van der Waals surface area contributed by atoms with Crippen LogP contribution in [0.15, 0.2) is 79.4 Å². The van der Waals surface area contributed by atoms with Crippen LogP contribution < -0.4 is 10.2 Å². The Labute approximate surface area is 174 Å². The molecule has 0 aliphatic carbocycles. The summed E-state index contributed by atoms with van der Waals surface area (Å²) in [5.41, 5.74) is 4.29. The lowest BCUT2D eigenvalue weighted by Crippen LogP contribution is -2.10. The summed E-state index contributed by atoms with van der Waals surface area (Å²) < 4.78 is 2.27. The molecular formula is C24H22N6. The number of benzene rings is 2. The highest BCUT2D eigenvalue weighted by molar-refractivity contribution is 5.93. The number of nitrogens with one attached hydrogen (secondary N) is 1. The van der Waals surface area contributed by atoms with Gasteiger partial charge in [0, 0.05) is 48.8 Å². The van der Waals surface area contributed by atoms with Crippen LogP contribution in [0.25, 0.3) is 21.8 Å². The van der Waals surface area contributed by atoms with Gasteiger partial charge in [-0.15, -0.1) is 0 Å². The van der Waals surface area contributed by atoms with E-state index in [2.05, 4.69) is 79.6 Å². The number of hydrogen-bond donors (Lipinski definition) is 1. The van der Waals surface area contributed by atoms with Crippen LogP contribution in [-0.2, 0) is 6.54 Å². The molecule has 3 heterocycles. The van der Waals surface area contributed by atoms with E-state index in [4.69, 9.17) is 0 Å². The van der Waals surface area contributed by atoms with Crippen molar-refractivity contribution < 1.29 is 0 Å². The van der Waals surface area contributed by atoms with Crippen LogP contribution in [0.3, 0.4) is 0 Å². The minimum Gasteiger partial charge on any atom is -0.363 e. The van der Waals surface area contributed by atoms with E-state index in [1.807, 2.05) is 31.1 Å². The molecule has 148 valence electrons. The van der Waals surface area contributed by atoms with Crippen molar-refractivity contribution in [3.05, 3.63) is 84.9 Å². The predicted octanol–water partition coefficient (Wildman–Crippen LogP) is 4.84. The number of aromatic nitrogens is 4. The van der Waals surface area contributed by atoms with E-state index >= 15 is 0 Å². The third-order valence-electron chi connectivity index (χ3n) is 5.19. The standard InChI is InChI=1S/C24H22N6/c1-29(2)23-13-20-21(14-25-23)26-16-27-24(20)28-19-8-9-22-18(12-19)10-11-30(22)15-17-6-4-3-5-7-17/h3-14,16H,15H2,1-2H3,(H,26,27,28). The predicted molar refractivity (Wildman–Crippen MR) is 122 cm³/mol. The van der Waals surface area contributed by atoms with E-state index in [-0.39, 0.29) is 0 Å². The molecule has 0 radical (unpaired) electrons. The minimum absolute atomic E-state index is 0.772. The second-order valence-electron chi connectivity index (χ2n) is 7.50. The molecule has 0 amide bonds. The van der Waals surface area contributed by atoms with E-state index < -0.39 is 0 Å². The first kappa shape index (κ1) is 18.1. The van der Waals surface area contributed by atoms with Crippen molar-refractivity contribution in [2.24, 2.45) is 0 Å². The Hall–Kier alpha value is -3.93. The molecular weight excluding hydrogens is 372 g/mol. The highest BCUT2D eigenvalue weighted by Crippen LogP contribution is 2.27. The normalized spacial score (nSPS) is 11.1. The van der Waals surface area contributed by atoms with E-state index in [0.717, 1.165) is 34.8 Å². The van der Waals surface area contributed by atoms with Crippen LogP contribution in [0.5, 0.6) is 0 Å². The van der Waals surface area contributed by atoms with Crippen molar-refractivity contribution in [1.29, 1.82) is 0 Å². The largest absolute Gasteiger partial charge is 0.363 e. The van der Waals surface area contributed by atoms with Gasteiger partial charge in [-0.3, -0.25) is 0 Å². The molecule has 5 aromatic rings. The van der Waals surface area contributed by atoms with E-state index in [1.54, 1.807) is 12.5 Å². The third-order valence-corrected chi connectivity index (χ3v) is 5.19. The number of nitrogens with zero attached hydrogens (tertiary/aromatic N) is 5. The van der Waals surface area contributed by atoms with Crippen LogP contribution in [0.2, 0.25) is 0 Å². The molecule has 0 bridgehead atoms. The fraction of sp³-hybridized carbons (Fsp3) is 0.125. The van der Waals surface area contributed by atoms with E-state index in [0.29, 0.717) is 0 Å². The maximum absolute atomic E-state index is 4.47. The number of pyridine rings is 1. The van der Waals surface area contributed by atoms with Crippen molar-refractivity contribution in [3.63, 3.8) is 0 Å². The Bertz CT molecular complexity index is 1320. The molecule has 5 rings (SSSR count). The summed E-state index contributed by atoms with van der Waals surface area (Å²) in [6, 6.07) is 21.0. The van der Waals surface area contributed by atoms with Crippen LogP contribution in [0.1, 0.15) is 5.56 Å². The average Bonchev–Trinajstić information content (AvgIpc) is 3.16. The van der Waals surface area contributed by atoms with Gasteiger partial charge in [0.1, 0.15) is 18.0 Å². The number of anilines is 3. The summed E-state index contributed by atoms with van der Waals surface area (Å²) >= 11 is 0. The van der Waals surface area contributed by atoms with Crippen LogP contribution in [0, 0.1) is 0 Å². The van der Waals surface area contributed by atoms with Gasteiger partial charge in [0.2, 0.25) is 0 Å². The maximum atomic E-state index is 4.47. The van der Waals surface area contributed by atoms with Crippen LogP contribution in [-0.4, -0.2) is 33.6 Å². The first-order valence-corrected chi connectivity index (χ1v) is 9.85. The lowest BCUT2D eigenvalue weighted by Gasteiger charge is -2.13. The Balaban J connectivity index is 1.47. The average molecular weight is 394 g/mol. The molecule has 2 aromatic carbocycles. The first-order valence-electron chi connectivity index (χ1n) is 9.85. The molecule has 0 saturated carbocycles. The van der Waals surface area contributed by atoms with Gasteiger partial charge in [-0.1, -0.05) is 30.3 Å². The molecule has 3 aromatic heterocycles. The maximum Gasteiger partial charge on any atom is 0.141 e. The molecule has 0 saturated heterocycles. The zero-order chi connectivity index (χ0) is 20.5. The molecule has 6 nitrogen and oxygen atoms in total. The van der Waals surface area contributed by atoms with Gasteiger partial charge in [-0.2, -0.15) is 0 Å². The molecule has 0 unspecified atom stereocenters. The zero-order valence-electron chi connectivity index (χ0n) is 16.9. The Kier molecular flexibility index (Phi) is 4.52. The number of hydrogen-bond acceptors (Lipinski definition) is 5. The topological polar surface area (TPSA) is 58.9 Å². The summed E-state index contributed by atoms with van der Waals surface area (Å²) in [7, 11) is 3.94. The van der Waals surface area contributed by atoms with Crippen molar-refractivity contribution in [2.75, 3.05) is 24.3 Å². The second kappa shape index (κ2) is 7.48. The van der Waals surface area contributed by atoms with Gasteiger partial charge in [-0.05, 0) is 35.9 Å². The highest BCUT2D eigenvalue weighted by atomic mass is 15.1. The summed E-state index contributed by atoms with van der Waals surface area (Å²) in [4.78, 5) is 15.2. The summed E-state index contributed by atoms with van der Waals surface area (Å²) in [6.07, 6.45) is 5.48. The summed E-state index contributed by atoms with van der Waals surface area (Å²) in [6.45, 7) is 0.855. The molecule has 0 spiro atoms. The van der Waals surface area contributed by atoms with Crippen molar-refractivity contribution >= 4 is 39.1 Å². The van der Waals surface area contributed by atoms with Gasteiger partial charge >= 0.3 is 0 Å². The van der Waals surface area contributed by atoms with Gasteiger partial charge in [0.25, 0.3) is 0 Å². The molecule has 1 N–H and O–H groups in total.